The molecule has 3 rings (SSSR count). The van der Waals surface area contributed by atoms with E-state index in [0.29, 0.717) is 22.5 Å². The number of amides is 1. The molecule has 7 heteroatoms. The number of para-hydroxylation sites is 1. The zero-order valence-corrected chi connectivity index (χ0v) is 13.9. The van der Waals surface area contributed by atoms with Gasteiger partial charge in [-0.2, -0.15) is 5.10 Å². The van der Waals surface area contributed by atoms with E-state index in [2.05, 4.69) is 20.6 Å². The Kier molecular flexibility index (Phi) is 4.56. The summed E-state index contributed by atoms with van der Waals surface area (Å²) < 4.78 is 1.45. The van der Waals surface area contributed by atoms with E-state index < -0.39 is 0 Å². The van der Waals surface area contributed by atoms with Crippen LogP contribution in [-0.2, 0) is 0 Å². The quantitative estimate of drug-likeness (QED) is 0.564. The molecule has 3 aromatic rings. The highest BCUT2D eigenvalue weighted by atomic mass is 16.2. The summed E-state index contributed by atoms with van der Waals surface area (Å²) in [6.07, 6.45) is 3.03. The van der Waals surface area contributed by atoms with Gasteiger partial charge in [-0.15, -0.1) is 0 Å². The van der Waals surface area contributed by atoms with E-state index in [1.807, 2.05) is 30.3 Å². The maximum absolute atomic E-state index is 12.7. The lowest BCUT2D eigenvalue weighted by Gasteiger charge is -2.01. The van der Waals surface area contributed by atoms with E-state index in [-0.39, 0.29) is 11.5 Å². The van der Waals surface area contributed by atoms with Crippen molar-refractivity contribution in [1.82, 2.24) is 20.2 Å². The van der Waals surface area contributed by atoms with Crippen LogP contribution in [0.15, 0.2) is 64.8 Å². The molecular formula is C18H17N5O2. The molecule has 1 amide bonds. The number of hydrogen-bond donors (Lipinski definition) is 2. The third kappa shape index (κ3) is 3.40. The van der Waals surface area contributed by atoms with E-state index in [4.69, 9.17) is 0 Å². The number of aromatic nitrogens is 3. The predicted octanol–water partition coefficient (Wildman–Crippen LogP) is 2.02. The zero-order valence-electron chi connectivity index (χ0n) is 13.9. The number of rotatable bonds is 4. The molecule has 7 nitrogen and oxygen atoms in total. The topological polar surface area (TPSA) is 92.1 Å². The first kappa shape index (κ1) is 16.4. The zero-order chi connectivity index (χ0) is 17.8. The van der Waals surface area contributed by atoms with Crippen molar-refractivity contribution in [1.29, 1.82) is 0 Å². The number of benzene rings is 1. The van der Waals surface area contributed by atoms with Gasteiger partial charge in [-0.05, 0) is 38.1 Å². The Morgan fingerprint density at radius 3 is 2.64 bits per heavy atom. The Hall–Kier alpha value is -3.48. The average molecular weight is 335 g/mol. The van der Waals surface area contributed by atoms with Gasteiger partial charge in [0.2, 0.25) is 0 Å². The number of nitrogens with zero attached hydrogens (tertiary/aromatic N) is 3. The lowest BCUT2D eigenvalue weighted by atomic mass is 10.2. The van der Waals surface area contributed by atoms with Gasteiger partial charge in [-0.25, -0.2) is 10.1 Å². The lowest BCUT2D eigenvalue weighted by Crippen LogP contribution is -2.23. The standard InChI is InChI=1S/C18H17N5O2/c1-12(20-21-17(24)14-7-6-10-19-11-14)16-13(2)22-23(18(16)25)15-8-4-3-5-9-15/h3-11,22H,1-2H3,(H,21,24). The van der Waals surface area contributed by atoms with Crippen LogP contribution in [0.3, 0.4) is 0 Å². The van der Waals surface area contributed by atoms with Crippen LogP contribution in [0.4, 0.5) is 0 Å². The minimum absolute atomic E-state index is 0.222. The number of carbonyl (C=O) groups excluding carboxylic acids is 1. The minimum Gasteiger partial charge on any atom is -0.295 e. The molecule has 2 N–H and O–H groups in total. The molecule has 0 aliphatic heterocycles. The van der Waals surface area contributed by atoms with Gasteiger partial charge < -0.3 is 0 Å². The highest BCUT2D eigenvalue weighted by Crippen LogP contribution is 2.07. The number of aryl methyl sites for hydroxylation is 1. The molecule has 0 aliphatic rings. The van der Waals surface area contributed by atoms with Crippen molar-refractivity contribution in [3.8, 4) is 5.69 Å². The summed E-state index contributed by atoms with van der Waals surface area (Å²) in [7, 11) is 0. The first-order chi connectivity index (χ1) is 12.1. The molecule has 0 atom stereocenters. The first-order valence-corrected chi connectivity index (χ1v) is 7.70. The van der Waals surface area contributed by atoms with E-state index in [1.165, 1.54) is 10.9 Å². The number of nitrogens with one attached hydrogen (secondary N) is 2. The van der Waals surface area contributed by atoms with Crippen LogP contribution in [0, 0.1) is 6.92 Å². The normalized spacial score (nSPS) is 11.4. The minimum atomic E-state index is -0.385. The van der Waals surface area contributed by atoms with Crippen molar-refractivity contribution in [3.63, 3.8) is 0 Å². The monoisotopic (exact) mass is 335 g/mol. The van der Waals surface area contributed by atoms with Gasteiger partial charge in [0.25, 0.3) is 11.5 Å². The number of carbonyl (C=O) groups is 1. The van der Waals surface area contributed by atoms with Crippen molar-refractivity contribution in [3.05, 3.63) is 82.0 Å². The van der Waals surface area contributed by atoms with Crippen molar-refractivity contribution in [2.75, 3.05) is 0 Å². The van der Waals surface area contributed by atoms with Crippen molar-refractivity contribution < 1.29 is 4.79 Å². The molecule has 0 aliphatic carbocycles. The van der Waals surface area contributed by atoms with Crippen LogP contribution in [0.25, 0.3) is 5.69 Å². The van der Waals surface area contributed by atoms with E-state index in [1.54, 1.807) is 32.2 Å². The van der Waals surface area contributed by atoms with Crippen LogP contribution in [0.5, 0.6) is 0 Å². The molecule has 2 aromatic heterocycles. The summed E-state index contributed by atoms with van der Waals surface area (Å²) in [5, 5.41) is 7.09. The van der Waals surface area contributed by atoms with Gasteiger partial charge in [0.1, 0.15) is 0 Å². The molecule has 0 bridgehead atoms. The fraction of sp³-hybridized carbons (Fsp3) is 0.111. The van der Waals surface area contributed by atoms with Crippen LogP contribution in [-0.4, -0.2) is 26.4 Å². The maximum Gasteiger partial charge on any atom is 0.280 e. The fourth-order valence-electron chi connectivity index (χ4n) is 2.48. The van der Waals surface area contributed by atoms with Crippen LogP contribution >= 0.6 is 0 Å². The van der Waals surface area contributed by atoms with E-state index >= 15 is 0 Å². The average Bonchev–Trinajstić information content (AvgIpc) is 2.95. The van der Waals surface area contributed by atoms with Crippen LogP contribution in [0.2, 0.25) is 0 Å². The summed E-state index contributed by atoms with van der Waals surface area (Å²) in [5.41, 5.74) is 4.87. The molecule has 126 valence electrons. The third-order valence-corrected chi connectivity index (χ3v) is 3.70. The smallest absolute Gasteiger partial charge is 0.280 e. The molecule has 0 unspecified atom stereocenters. The molecular weight excluding hydrogens is 318 g/mol. The highest BCUT2D eigenvalue weighted by molar-refractivity contribution is 6.01. The summed E-state index contributed by atoms with van der Waals surface area (Å²) in [4.78, 5) is 28.6. The number of hydrazone groups is 1. The Morgan fingerprint density at radius 2 is 1.96 bits per heavy atom. The first-order valence-electron chi connectivity index (χ1n) is 7.70. The molecule has 0 saturated carbocycles. The van der Waals surface area contributed by atoms with Crippen LogP contribution in [0.1, 0.15) is 28.5 Å². The van der Waals surface area contributed by atoms with E-state index in [9.17, 15) is 9.59 Å². The predicted molar refractivity (Wildman–Crippen MR) is 95.0 cm³/mol. The largest absolute Gasteiger partial charge is 0.295 e. The molecule has 0 saturated heterocycles. The third-order valence-electron chi connectivity index (χ3n) is 3.70. The van der Waals surface area contributed by atoms with Crippen LogP contribution < -0.4 is 11.0 Å². The van der Waals surface area contributed by atoms with Gasteiger partial charge in [0.05, 0.1) is 22.5 Å². The lowest BCUT2D eigenvalue weighted by molar-refractivity contribution is 0.0954. The van der Waals surface area contributed by atoms with Crippen molar-refractivity contribution in [2.24, 2.45) is 5.10 Å². The van der Waals surface area contributed by atoms with Gasteiger partial charge in [0.15, 0.2) is 0 Å². The van der Waals surface area contributed by atoms with Gasteiger partial charge in [-0.3, -0.25) is 19.7 Å². The van der Waals surface area contributed by atoms with E-state index in [0.717, 1.165) is 5.69 Å². The number of hydrogen-bond acceptors (Lipinski definition) is 4. The summed E-state index contributed by atoms with van der Waals surface area (Å²) in [5.74, 6) is -0.385. The van der Waals surface area contributed by atoms with Gasteiger partial charge >= 0.3 is 0 Å². The second-order valence-corrected chi connectivity index (χ2v) is 5.47. The molecule has 25 heavy (non-hydrogen) atoms. The molecule has 2 heterocycles. The van der Waals surface area contributed by atoms with Gasteiger partial charge in [-0.1, -0.05) is 18.2 Å². The maximum atomic E-state index is 12.7. The molecule has 1 aromatic carbocycles. The second kappa shape index (κ2) is 6.96. The summed E-state index contributed by atoms with van der Waals surface area (Å²) >= 11 is 0. The summed E-state index contributed by atoms with van der Waals surface area (Å²) in [6, 6.07) is 12.6. The summed E-state index contributed by atoms with van der Waals surface area (Å²) in [6.45, 7) is 3.47. The van der Waals surface area contributed by atoms with Crippen molar-refractivity contribution in [2.45, 2.75) is 13.8 Å². The second-order valence-electron chi connectivity index (χ2n) is 5.47. The molecule has 0 spiro atoms. The Bertz CT molecular complexity index is 972. The fourth-order valence-corrected chi connectivity index (χ4v) is 2.48. The van der Waals surface area contributed by atoms with Crippen molar-refractivity contribution >= 4 is 11.6 Å². The van der Waals surface area contributed by atoms with Gasteiger partial charge in [0, 0.05) is 18.1 Å². The SMILES string of the molecule is CC(=NNC(=O)c1cccnc1)c1c(C)[nH]n(-c2ccccc2)c1=O. The number of pyridine rings is 1. The number of aromatic amines is 1. The number of H-pyrrole nitrogens is 1. The highest BCUT2D eigenvalue weighted by Gasteiger charge is 2.15. The Balaban J connectivity index is 1.88. The molecule has 0 radical (unpaired) electrons. The molecule has 0 fully saturated rings. The Labute approximate surface area is 144 Å². The Morgan fingerprint density at radius 1 is 1.20 bits per heavy atom.